The molecule has 0 spiro atoms. The van der Waals surface area contributed by atoms with E-state index in [1.54, 1.807) is 0 Å². The first-order valence-electron chi connectivity index (χ1n) is 4.46. The van der Waals surface area contributed by atoms with Gasteiger partial charge in [0.05, 0.1) is 7.11 Å². The van der Waals surface area contributed by atoms with Gasteiger partial charge < -0.3 is 20.7 Å². The molecule has 0 saturated heterocycles. The Bertz CT molecular complexity index is 396. The topological polar surface area (TPSA) is 92.8 Å². The van der Waals surface area contributed by atoms with Crippen molar-refractivity contribution in [3.63, 3.8) is 0 Å². The Morgan fingerprint density at radius 3 is 2.62 bits per heavy atom. The van der Waals surface area contributed by atoms with Crippen LogP contribution < -0.4 is 5.73 Å². The molecule has 0 aliphatic carbocycles. The molecule has 0 aliphatic rings. The van der Waals surface area contributed by atoms with Gasteiger partial charge in [-0.1, -0.05) is 17.7 Å². The summed E-state index contributed by atoms with van der Waals surface area (Å²) in [4.78, 5) is 11.0. The first-order chi connectivity index (χ1) is 7.47. The lowest BCUT2D eigenvalue weighted by molar-refractivity contribution is -0.156. The molecule has 6 heteroatoms. The molecule has 88 valence electrons. The molecule has 1 aromatic carbocycles. The molecular formula is C10H12ClNO4. The summed E-state index contributed by atoms with van der Waals surface area (Å²) in [7, 11) is 1.11. The monoisotopic (exact) mass is 245 g/mol. The van der Waals surface area contributed by atoms with Crippen LogP contribution in [0.15, 0.2) is 18.2 Å². The Morgan fingerprint density at radius 1 is 1.50 bits per heavy atom. The van der Waals surface area contributed by atoms with Crippen LogP contribution in [0.4, 0.5) is 5.69 Å². The van der Waals surface area contributed by atoms with E-state index in [0.717, 1.165) is 7.11 Å². The molecule has 0 saturated carbocycles. The minimum absolute atomic E-state index is 0.197. The fourth-order valence-electron chi connectivity index (χ4n) is 1.23. The predicted octanol–water partition coefficient (Wildman–Crippen LogP) is 0.490. The van der Waals surface area contributed by atoms with Crippen LogP contribution in [-0.4, -0.2) is 29.4 Å². The number of halogens is 1. The maximum atomic E-state index is 11.0. The summed E-state index contributed by atoms with van der Waals surface area (Å²) in [5.41, 5.74) is 6.02. The van der Waals surface area contributed by atoms with Gasteiger partial charge in [0.15, 0.2) is 6.10 Å². The number of anilines is 1. The molecule has 16 heavy (non-hydrogen) atoms. The summed E-state index contributed by atoms with van der Waals surface area (Å²) in [6.07, 6.45) is -3.11. The van der Waals surface area contributed by atoms with Gasteiger partial charge >= 0.3 is 5.97 Å². The van der Waals surface area contributed by atoms with Gasteiger partial charge in [-0.2, -0.15) is 0 Å². The van der Waals surface area contributed by atoms with E-state index in [-0.39, 0.29) is 11.3 Å². The fourth-order valence-corrected chi connectivity index (χ4v) is 1.42. The van der Waals surface area contributed by atoms with Crippen LogP contribution in [0.2, 0.25) is 5.02 Å². The quantitative estimate of drug-likeness (QED) is 0.532. The smallest absolute Gasteiger partial charge is 0.337 e. The van der Waals surface area contributed by atoms with Crippen molar-refractivity contribution >= 4 is 23.3 Å². The third-order valence-electron chi connectivity index (χ3n) is 2.11. The third-order valence-corrected chi connectivity index (χ3v) is 2.34. The second-order valence-electron chi connectivity index (χ2n) is 3.19. The summed E-state index contributed by atoms with van der Waals surface area (Å²) in [5, 5.41) is 19.5. The number of carbonyl (C=O) groups excluding carboxylic acids is 1. The average molecular weight is 246 g/mol. The van der Waals surface area contributed by atoms with Gasteiger partial charge in [-0.25, -0.2) is 4.79 Å². The molecule has 2 unspecified atom stereocenters. The Kier molecular flexibility index (Phi) is 4.12. The van der Waals surface area contributed by atoms with Gasteiger partial charge in [0.1, 0.15) is 6.10 Å². The number of rotatable bonds is 3. The first-order valence-corrected chi connectivity index (χ1v) is 4.84. The fraction of sp³-hybridized carbons (Fsp3) is 0.300. The number of nitrogens with two attached hydrogens (primary N) is 1. The summed E-state index contributed by atoms with van der Waals surface area (Å²) in [5.74, 6) is -0.929. The Morgan fingerprint density at radius 2 is 2.12 bits per heavy atom. The van der Waals surface area contributed by atoms with E-state index in [1.807, 2.05) is 0 Å². The summed E-state index contributed by atoms with van der Waals surface area (Å²) in [6, 6.07) is 4.36. The summed E-state index contributed by atoms with van der Waals surface area (Å²) >= 11 is 5.68. The van der Waals surface area contributed by atoms with Gasteiger partial charge in [-0.3, -0.25) is 0 Å². The number of nitrogen functional groups attached to an aromatic ring is 1. The largest absolute Gasteiger partial charge is 0.467 e. The molecule has 0 aromatic heterocycles. The van der Waals surface area contributed by atoms with Gasteiger partial charge in [0.25, 0.3) is 0 Å². The second kappa shape index (κ2) is 5.16. The Hall–Kier alpha value is -1.30. The Balaban J connectivity index is 2.96. The highest BCUT2D eigenvalue weighted by Gasteiger charge is 2.27. The van der Waals surface area contributed by atoms with E-state index in [2.05, 4.69) is 4.74 Å². The van der Waals surface area contributed by atoms with E-state index in [4.69, 9.17) is 17.3 Å². The average Bonchev–Trinajstić information content (AvgIpc) is 2.26. The highest BCUT2D eigenvalue weighted by Crippen LogP contribution is 2.26. The van der Waals surface area contributed by atoms with Crippen LogP contribution in [0.3, 0.4) is 0 Å². The minimum Gasteiger partial charge on any atom is -0.467 e. The van der Waals surface area contributed by atoms with Crippen LogP contribution in [0.1, 0.15) is 11.7 Å². The molecule has 0 heterocycles. The number of aliphatic hydroxyl groups is 2. The molecule has 4 N–H and O–H groups in total. The SMILES string of the molecule is COC(=O)C(O)C(O)c1ccc(Cl)cc1N. The van der Waals surface area contributed by atoms with E-state index in [0.29, 0.717) is 5.02 Å². The normalized spacial score (nSPS) is 14.2. The van der Waals surface area contributed by atoms with Crippen molar-refractivity contribution in [2.45, 2.75) is 12.2 Å². The van der Waals surface area contributed by atoms with Crippen molar-refractivity contribution in [3.8, 4) is 0 Å². The predicted molar refractivity (Wildman–Crippen MR) is 58.8 cm³/mol. The van der Waals surface area contributed by atoms with Crippen molar-refractivity contribution in [3.05, 3.63) is 28.8 Å². The number of esters is 1. The zero-order chi connectivity index (χ0) is 12.3. The lowest BCUT2D eigenvalue weighted by atomic mass is 10.0. The molecule has 1 aromatic rings. The zero-order valence-electron chi connectivity index (χ0n) is 8.55. The number of ether oxygens (including phenoxy) is 1. The van der Waals surface area contributed by atoms with Crippen LogP contribution in [0, 0.1) is 0 Å². The second-order valence-corrected chi connectivity index (χ2v) is 3.62. The molecule has 0 radical (unpaired) electrons. The van der Waals surface area contributed by atoms with Crippen LogP contribution in [0.5, 0.6) is 0 Å². The lowest BCUT2D eigenvalue weighted by Gasteiger charge is -2.17. The van der Waals surface area contributed by atoms with Crippen molar-refractivity contribution < 1.29 is 19.7 Å². The Labute approximate surface area is 97.4 Å². The maximum absolute atomic E-state index is 11.0. The number of methoxy groups -OCH3 is 1. The number of hydrogen-bond donors (Lipinski definition) is 3. The zero-order valence-corrected chi connectivity index (χ0v) is 9.31. The third kappa shape index (κ3) is 2.63. The van der Waals surface area contributed by atoms with Crippen molar-refractivity contribution in [1.82, 2.24) is 0 Å². The number of carbonyl (C=O) groups is 1. The van der Waals surface area contributed by atoms with Gasteiger partial charge in [0, 0.05) is 16.3 Å². The van der Waals surface area contributed by atoms with Crippen LogP contribution in [-0.2, 0) is 9.53 Å². The van der Waals surface area contributed by atoms with E-state index in [9.17, 15) is 15.0 Å². The van der Waals surface area contributed by atoms with Crippen molar-refractivity contribution in [1.29, 1.82) is 0 Å². The van der Waals surface area contributed by atoms with Crippen LogP contribution in [0.25, 0.3) is 0 Å². The molecule has 0 fully saturated rings. The highest BCUT2D eigenvalue weighted by atomic mass is 35.5. The molecule has 0 aliphatic heterocycles. The van der Waals surface area contributed by atoms with Crippen LogP contribution >= 0.6 is 11.6 Å². The first kappa shape index (κ1) is 12.8. The molecule has 1 rings (SSSR count). The van der Waals surface area contributed by atoms with Crippen molar-refractivity contribution in [2.75, 3.05) is 12.8 Å². The highest BCUT2D eigenvalue weighted by molar-refractivity contribution is 6.30. The number of benzene rings is 1. The number of hydrogen-bond acceptors (Lipinski definition) is 5. The molecule has 2 atom stereocenters. The van der Waals surface area contributed by atoms with E-state index >= 15 is 0 Å². The molecular weight excluding hydrogens is 234 g/mol. The minimum atomic E-state index is -1.67. The van der Waals surface area contributed by atoms with Gasteiger partial charge in [-0.15, -0.1) is 0 Å². The summed E-state index contributed by atoms with van der Waals surface area (Å²) < 4.78 is 4.30. The maximum Gasteiger partial charge on any atom is 0.337 e. The van der Waals surface area contributed by atoms with E-state index < -0.39 is 18.2 Å². The van der Waals surface area contributed by atoms with Gasteiger partial charge in [-0.05, 0) is 12.1 Å². The molecule has 0 amide bonds. The summed E-state index contributed by atoms with van der Waals surface area (Å²) in [6.45, 7) is 0. The molecule has 0 bridgehead atoms. The van der Waals surface area contributed by atoms with E-state index in [1.165, 1.54) is 18.2 Å². The van der Waals surface area contributed by atoms with Crippen molar-refractivity contribution in [2.24, 2.45) is 0 Å². The van der Waals surface area contributed by atoms with Gasteiger partial charge in [0.2, 0.25) is 0 Å². The number of aliphatic hydroxyl groups excluding tert-OH is 2. The standard InChI is InChI=1S/C10H12ClNO4/c1-16-10(15)9(14)8(13)6-3-2-5(11)4-7(6)12/h2-4,8-9,13-14H,12H2,1H3. The lowest BCUT2D eigenvalue weighted by Crippen LogP contribution is -2.29. The molecule has 5 nitrogen and oxygen atoms in total.